The number of rotatable bonds is 5. The predicted molar refractivity (Wildman–Crippen MR) is 120 cm³/mol. The van der Waals surface area contributed by atoms with Crippen LogP contribution in [-0.4, -0.2) is 29.7 Å². The smallest absolute Gasteiger partial charge is 0.338 e. The van der Waals surface area contributed by atoms with Crippen LogP contribution in [-0.2, 0) is 9.53 Å². The van der Waals surface area contributed by atoms with Gasteiger partial charge in [-0.15, -0.1) is 0 Å². The molecule has 0 saturated carbocycles. The van der Waals surface area contributed by atoms with Crippen LogP contribution in [0, 0.1) is 0 Å². The van der Waals surface area contributed by atoms with E-state index in [4.69, 9.17) is 10.5 Å². The minimum atomic E-state index is -0.414. The van der Waals surface area contributed by atoms with Gasteiger partial charge in [0, 0.05) is 4.90 Å². The molecule has 2 aromatic rings. The van der Waals surface area contributed by atoms with Crippen LogP contribution in [0.15, 0.2) is 97.5 Å². The van der Waals surface area contributed by atoms with Crippen molar-refractivity contribution in [3.63, 3.8) is 0 Å². The largest absolute Gasteiger partial charge is 0.463 e. The second-order valence-electron chi connectivity index (χ2n) is 6.75. The summed E-state index contributed by atoms with van der Waals surface area (Å²) < 4.78 is 5.33. The average Bonchev–Trinajstić information content (AvgIpc) is 2.77. The first-order valence-electron chi connectivity index (χ1n) is 9.67. The van der Waals surface area contributed by atoms with E-state index in [-0.39, 0.29) is 5.97 Å². The third-order valence-corrected chi connectivity index (χ3v) is 5.83. The molecule has 0 bridgehead atoms. The molecule has 2 N–H and O–H groups in total. The van der Waals surface area contributed by atoms with Gasteiger partial charge in [-0.25, -0.2) is 14.8 Å². The van der Waals surface area contributed by atoms with Crippen LogP contribution < -0.4 is 5.73 Å². The van der Waals surface area contributed by atoms with Gasteiger partial charge in [0.2, 0.25) is 0 Å². The summed E-state index contributed by atoms with van der Waals surface area (Å²) in [5, 5.41) is 0.676. The molecule has 0 saturated heterocycles. The lowest BCUT2D eigenvalue weighted by molar-refractivity contribution is -0.139. The van der Waals surface area contributed by atoms with Crippen molar-refractivity contribution >= 4 is 29.9 Å². The topological polar surface area (TPSA) is 80.3 Å². The Morgan fingerprint density at radius 1 is 1.13 bits per heavy atom. The molecule has 1 atom stereocenters. The van der Waals surface area contributed by atoms with Gasteiger partial charge in [0.05, 0.1) is 30.3 Å². The van der Waals surface area contributed by atoms with E-state index in [0.29, 0.717) is 34.4 Å². The number of aliphatic imine (C=N–C) groups is 2. The molecule has 2 heterocycles. The number of hydrogen-bond acceptors (Lipinski definition) is 7. The molecule has 0 radical (unpaired) electrons. The van der Waals surface area contributed by atoms with E-state index in [1.165, 1.54) is 11.8 Å². The Kier molecular flexibility index (Phi) is 5.72. The van der Waals surface area contributed by atoms with Crippen molar-refractivity contribution in [2.24, 2.45) is 15.7 Å². The van der Waals surface area contributed by atoms with Crippen LogP contribution in [0.2, 0.25) is 0 Å². The standard InChI is InChI=1S/C23H22N4O2S/c1-3-29-23(28)18-15(2)26-21-19(24)22(30-17-12-8-5-9-13-17)25-14-27(21)20(18)16-10-6-4-7-11-16/h4-14,20H,3,24H2,1-2H3. The summed E-state index contributed by atoms with van der Waals surface area (Å²) in [5.74, 6) is 0.204. The highest BCUT2D eigenvalue weighted by atomic mass is 32.2. The van der Waals surface area contributed by atoms with Crippen LogP contribution in [0.5, 0.6) is 0 Å². The van der Waals surface area contributed by atoms with Crippen LogP contribution in [0.4, 0.5) is 0 Å². The quantitative estimate of drug-likeness (QED) is 0.735. The molecule has 4 rings (SSSR count). The van der Waals surface area contributed by atoms with Gasteiger partial charge in [0.25, 0.3) is 0 Å². The molecule has 0 amide bonds. The number of amidine groups is 1. The summed E-state index contributed by atoms with van der Waals surface area (Å²) >= 11 is 1.48. The number of ether oxygens (including phenoxy) is 1. The average molecular weight is 419 g/mol. The van der Waals surface area contributed by atoms with E-state index >= 15 is 0 Å². The number of nitrogens with zero attached hydrogens (tertiary/aromatic N) is 3. The van der Waals surface area contributed by atoms with Crippen LogP contribution in [0.1, 0.15) is 25.5 Å². The Morgan fingerprint density at radius 3 is 2.47 bits per heavy atom. The zero-order valence-corrected chi connectivity index (χ0v) is 17.6. The SMILES string of the molecule is CCOC(=O)C1=C(C)N=C2C(N)=C(Sc3ccccc3)N=CN2C1c1ccccc1. The Balaban J connectivity index is 1.79. The summed E-state index contributed by atoms with van der Waals surface area (Å²) in [6.07, 6.45) is 1.70. The predicted octanol–water partition coefficient (Wildman–Crippen LogP) is 4.24. The maximum absolute atomic E-state index is 12.8. The van der Waals surface area contributed by atoms with Gasteiger partial charge >= 0.3 is 5.97 Å². The monoisotopic (exact) mass is 418 g/mol. The number of carbonyl (C=O) groups excluding carboxylic acids is 1. The van der Waals surface area contributed by atoms with Gasteiger partial charge in [-0.3, -0.25) is 0 Å². The molecular formula is C23H22N4O2S. The van der Waals surface area contributed by atoms with E-state index in [2.05, 4.69) is 9.98 Å². The Hall–Kier alpha value is -3.32. The van der Waals surface area contributed by atoms with Crippen LogP contribution >= 0.6 is 11.8 Å². The summed E-state index contributed by atoms with van der Waals surface area (Å²) in [7, 11) is 0. The number of thioether (sulfide) groups is 1. The first-order chi connectivity index (χ1) is 14.6. The van der Waals surface area contributed by atoms with Crippen molar-refractivity contribution in [3.05, 3.63) is 88.2 Å². The van der Waals surface area contributed by atoms with Gasteiger partial charge < -0.3 is 15.4 Å². The van der Waals surface area contributed by atoms with E-state index in [1.807, 2.05) is 72.5 Å². The zero-order chi connectivity index (χ0) is 21.1. The number of benzene rings is 2. The summed E-state index contributed by atoms with van der Waals surface area (Å²) in [6.45, 7) is 3.90. The van der Waals surface area contributed by atoms with Crippen LogP contribution in [0.3, 0.4) is 0 Å². The van der Waals surface area contributed by atoms with E-state index < -0.39 is 6.04 Å². The molecule has 0 aliphatic carbocycles. The molecule has 2 aliphatic rings. The summed E-state index contributed by atoms with van der Waals surface area (Å²) in [4.78, 5) is 24.9. The molecule has 0 spiro atoms. The fraction of sp³-hybridized carbons (Fsp3) is 0.174. The van der Waals surface area contributed by atoms with Gasteiger partial charge in [0.15, 0.2) is 5.84 Å². The molecule has 152 valence electrons. The first-order valence-corrected chi connectivity index (χ1v) is 10.5. The Morgan fingerprint density at radius 2 is 1.80 bits per heavy atom. The normalized spacial score (nSPS) is 18.3. The summed E-state index contributed by atoms with van der Waals surface area (Å²) in [5.41, 5.74) is 9.00. The van der Waals surface area contributed by atoms with Gasteiger partial charge in [-0.1, -0.05) is 60.3 Å². The minimum absolute atomic E-state index is 0.293. The van der Waals surface area contributed by atoms with Crippen molar-refractivity contribution in [2.75, 3.05) is 6.61 Å². The number of nitrogens with two attached hydrogens (primary N) is 1. The third-order valence-electron chi connectivity index (χ3n) is 4.80. The lowest BCUT2D eigenvalue weighted by Crippen LogP contribution is -2.44. The second-order valence-corrected chi connectivity index (χ2v) is 7.82. The highest BCUT2D eigenvalue weighted by molar-refractivity contribution is 8.03. The van der Waals surface area contributed by atoms with Gasteiger partial charge in [-0.05, 0) is 31.5 Å². The fourth-order valence-electron chi connectivity index (χ4n) is 3.45. The van der Waals surface area contributed by atoms with Gasteiger partial charge in [0.1, 0.15) is 10.7 Å². The van der Waals surface area contributed by atoms with Gasteiger partial charge in [-0.2, -0.15) is 0 Å². The van der Waals surface area contributed by atoms with E-state index in [0.717, 1.165) is 10.5 Å². The number of carbonyl (C=O) groups is 1. The highest BCUT2D eigenvalue weighted by Gasteiger charge is 2.38. The van der Waals surface area contributed by atoms with Crippen molar-refractivity contribution < 1.29 is 9.53 Å². The van der Waals surface area contributed by atoms with Crippen molar-refractivity contribution in [3.8, 4) is 0 Å². The fourth-order valence-corrected chi connectivity index (χ4v) is 4.27. The molecule has 2 aromatic carbocycles. The molecule has 0 aromatic heterocycles. The minimum Gasteiger partial charge on any atom is -0.463 e. The molecule has 0 fully saturated rings. The zero-order valence-electron chi connectivity index (χ0n) is 16.8. The van der Waals surface area contributed by atoms with E-state index in [1.54, 1.807) is 13.3 Å². The third kappa shape index (κ3) is 3.76. The lowest BCUT2D eigenvalue weighted by atomic mass is 9.93. The molecule has 1 unspecified atom stereocenters. The summed E-state index contributed by atoms with van der Waals surface area (Å²) in [6, 6.07) is 19.3. The van der Waals surface area contributed by atoms with E-state index in [9.17, 15) is 4.79 Å². The molecular weight excluding hydrogens is 396 g/mol. The number of esters is 1. The van der Waals surface area contributed by atoms with Crippen molar-refractivity contribution in [1.29, 1.82) is 0 Å². The molecule has 30 heavy (non-hydrogen) atoms. The number of hydrogen-bond donors (Lipinski definition) is 1. The van der Waals surface area contributed by atoms with Crippen LogP contribution in [0.25, 0.3) is 0 Å². The van der Waals surface area contributed by atoms with Crippen molar-refractivity contribution in [1.82, 2.24) is 4.90 Å². The molecule has 2 aliphatic heterocycles. The lowest BCUT2D eigenvalue weighted by Gasteiger charge is -2.37. The molecule has 6 nitrogen and oxygen atoms in total. The maximum atomic E-state index is 12.8. The Labute approximate surface area is 179 Å². The first kappa shape index (κ1) is 20.0. The second kappa shape index (κ2) is 8.59. The van der Waals surface area contributed by atoms with Crippen molar-refractivity contribution in [2.45, 2.75) is 24.8 Å². The maximum Gasteiger partial charge on any atom is 0.338 e. The molecule has 7 heteroatoms. The highest BCUT2D eigenvalue weighted by Crippen LogP contribution is 2.39. The number of allylic oxidation sites excluding steroid dienone is 1. The Bertz CT molecular complexity index is 1070. The number of fused-ring (bicyclic) bond motifs is 1.